The fourth-order valence-corrected chi connectivity index (χ4v) is 3.39. The Morgan fingerprint density at radius 1 is 1.40 bits per heavy atom. The van der Waals surface area contributed by atoms with Crippen LogP contribution in [0.1, 0.15) is 25.8 Å². The van der Waals surface area contributed by atoms with Crippen LogP contribution in [0.4, 0.5) is 4.39 Å². The van der Waals surface area contributed by atoms with E-state index in [-0.39, 0.29) is 22.8 Å². The molecule has 7 heteroatoms. The Kier molecular flexibility index (Phi) is 5.24. The van der Waals surface area contributed by atoms with Crippen LogP contribution in [0, 0.1) is 18.7 Å². The molecule has 0 amide bonds. The maximum absolute atomic E-state index is 13.0. The van der Waals surface area contributed by atoms with Crippen LogP contribution < -0.4 is 4.72 Å². The zero-order valence-corrected chi connectivity index (χ0v) is 12.4. The number of carboxylic acid groups (broad SMARTS) is 1. The molecule has 0 radical (unpaired) electrons. The SMILES string of the molecule is Cc1cc(F)ccc1S(=O)(=O)NC(CC(=O)O)C(C)C. The number of aryl methyl sites for hydroxylation is 1. The lowest BCUT2D eigenvalue weighted by Gasteiger charge is -2.21. The van der Waals surface area contributed by atoms with Crippen molar-refractivity contribution in [2.45, 2.75) is 38.1 Å². The first-order valence-electron chi connectivity index (χ1n) is 6.13. The summed E-state index contributed by atoms with van der Waals surface area (Å²) in [4.78, 5) is 10.7. The van der Waals surface area contributed by atoms with E-state index in [2.05, 4.69) is 4.72 Å². The molecule has 5 nitrogen and oxygen atoms in total. The van der Waals surface area contributed by atoms with E-state index in [1.54, 1.807) is 13.8 Å². The minimum absolute atomic E-state index is 0.0464. The van der Waals surface area contributed by atoms with Crippen molar-refractivity contribution < 1.29 is 22.7 Å². The molecule has 1 atom stereocenters. The Labute approximate surface area is 117 Å². The molecular weight excluding hydrogens is 285 g/mol. The highest BCUT2D eigenvalue weighted by atomic mass is 32.2. The van der Waals surface area contributed by atoms with E-state index in [0.29, 0.717) is 0 Å². The summed E-state index contributed by atoms with van der Waals surface area (Å²) in [7, 11) is -3.88. The zero-order valence-electron chi connectivity index (χ0n) is 11.6. The number of carboxylic acids is 1. The number of hydrogen-bond acceptors (Lipinski definition) is 3. The molecule has 1 rings (SSSR count). The van der Waals surface area contributed by atoms with E-state index >= 15 is 0 Å². The van der Waals surface area contributed by atoms with Gasteiger partial charge in [0.2, 0.25) is 10.0 Å². The fourth-order valence-electron chi connectivity index (χ4n) is 1.78. The van der Waals surface area contributed by atoms with Crippen molar-refractivity contribution in [1.29, 1.82) is 0 Å². The lowest BCUT2D eigenvalue weighted by Crippen LogP contribution is -2.40. The van der Waals surface area contributed by atoms with E-state index in [0.717, 1.165) is 12.1 Å². The summed E-state index contributed by atoms with van der Waals surface area (Å²) in [5.74, 6) is -1.78. The predicted molar refractivity (Wildman–Crippen MR) is 72.3 cm³/mol. The van der Waals surface area contributed by atoms with Gasteiger partial charge in [-0.2, -0.15) is 0 Å². The number of rotatable bonds is 6. The van der Waals surface area contributed by atoms with Gasteiger partial charge in [-0.1, -0.05) is 13.8 Å². The second-order valence-electron chi connectivity index (χ2n) is 4.98. The van der Waals surface area contributed by atoms with Crippen molar-refractivity contribution in [2.24, 2.45) is 5.92 Å². The first kappa shape index (κ1) is 16.6. The molecule has 1 aromatic rings. The maximum Gasteiger partial charge on any atom is 0.304 e. The van der Waals surface area contributed by atoms with Crippen LogP contribution in [0.25, 0.3) is 0 Å². The van der Waals surface area contributed by atoms with Crippen LogP contribution in [0.5, 0.6) is 0 Å². The van der Waals surface area contributed by atoms with Crippen LogP contribution in [0.15, 0.2) is 23.1 Å². The van der Waals surface area contributed by atoms with Crippen molar-refractivity contribution in [1.82, 2.24) is 4.72 Å². The van der Waals surface area contributed by atoms with Crippen LogP contribution in [0.3, 0.4) is 0 Å². The van der Waals surface area contributed by atoms with Gasteiger partial charge < -0.3 is 5.11 Å². The van der Waals surface area contributed by atoms with Gasteiger partial charge >= 0.3 is 5.97 Å². The standard InChI is InChI=1S/C13H18FNO4S/c1-8(2)11(7-13(16)17)15-20(18,19)12-5-4-10(14)6-9(12)3/h4-6,8,11,15H,7H2,1-3H3,(H,16,17). The summed E-state index contributed by atoms with van der Waals surface area (Å²) < 4.78 is 39.8. The van der Waals surface area contributed by atoms with Crippen LogP contribution >= 0.6 is 0 Å². The summed E-state index contributed by atoms with van der Waals surface area (Å²) in [5, 5.41) is 8.81. The monoisotopic (exact) mass is 303 g/mol. The van der Waals surface area contributed by atoms with Crippen LogP contribution in [-0.4, -0.2) is 25.5 Å². The molecule has 0 aliphatic carbocycles. The molecule has 112 valence electrons. The Hall–Kier alpha value is -1.47. The van der Waals surface area contributed by atoms with Crippen LogP contribution in [0.2, 0.25) is 0 Å². The van der Waals surface area contributed by atoms with Gasteiger partial charge in [-0.25, -0.2) is 17.5 Å². The molecule has 0 saturated heterocycles. The first-order chi connectivity index (χ1) is 9.13. The zero-order chi connectivity index (χ0) is 15.5. The van der Waals surface area contributed by atoms with Gasteiger partial charge in [0, 0.05) is 6.04 Å². The Morgan fingerprint density at radius 2 is 2.00 bits per heavy atom. The molecule has 0 aliphatic heterocycles. The quantitative estimate of drug-likeness (QED) is 0.841. The van der Waals surface area contributed by atoms with Crippen molar-refractivity contribution >= 4 is 16.0 Å². The lowest BCUT2D eigenvalue weighted by molar-refractivity contribution is -0.137. The number of benzene rings is 1. The Bertz CT molecular complexity index is 598. The minimum Gasteiger partial charge on any atom is -0.481 e. The molecule has 20 heavy (non-hydrogen) atoms. The molecule has 0 spiro atoms. The maximum atomic E-state index is 13.0. The highest BCUT2D eigenvalue weighted by Crippen LogP contribution is 2.18. The van der Waals surface area contributed by atoms with Gasteiger partial charge in [0.05, 0.1) is 11.3 Å². The third-order valence-corrected chi connectivity index (χ3v) is 4.58. The van der Waals surface area contributed by atoms with Gasteiger partial charge in [-0.3, -0.25) is 4.79 Å². The van der Waals surface area contributed by atoms with Gasteiger partial charge in [-0.15, -0.1) is 0 Å². The summed E-state index contributed by atoms with van der Waals surface area (Å²) in [6.07, 6.45) is -0.308. The molecule has 0 fully saturated rings. The van der Waals surface area contributed by atoms with E-state index < -0.39 is 27.9 Å². The number of nitrogens with one attached hydrogen (secondary N) is 1. The molecule has 2 N–H and O–H groups in total. The fraction of sp³-hybridized carbons (Fsp3) is 0.462. The molecule has 0 saturated carbocycles. The molecular formula is C13H18FNO4S. The number of aliphatic carboxylic acids is 1. The van der Waals surface area contributed by atoms with Crippen molar-refractivity contribution in [3.8, 4) is 0 Å². The van der Waals surface area contributed by atoms with Gasteiger partial charge in [-0.05, 0) is 36.6 Å². The molecule has 0 aliphatic rings. The number of hydrogen-bond donors (Lipinski definition) is 2. The smallest absolute Gasteiger partial charge is 0.304 e. The van der Waals surface area contributed by atoms with Gasteiger partial charge in [0.25, 0.3) is 0 Å². The molecule has 1 aromatic carbocycles. The van der Waals surface area contributed by atoms with Crippen molar-refractivity contribution in [2.75, 3.05) is 0 Å². The third kappa shape index (κ3) is 4.28. The summed E-state index contributed by atoms with van der Waals surface area (Å²) >= 11 is 0. The first-order valence-corrected chi connectivity index (χ1v) is 7.62. The van der Waals surface area contributed by atoms with E-state index in [9.17, 15) is 17.6 Å². The lowest BCUT2D eigenvalue weighted by atomic mass is 10.0. The molecule has 0 bridgehead atoms. The average molecular weight is 303 g/mol. The summed E-state index contributed by atoms with van der Waals surface area (Å²) in [6.45, 7) is 4.94. The van der Waals surface area contributed by atoms with E-state index in [1.807, 2.05) is 0 Å². The van der Waals surface area contributed by atoms with E-state index in [4.69, 9.17) is 5.11 Å². The number of sulfonamides is 1. The second-order valence-corrected chi connectivity index (χ2v) is 6.66. The second kappa shape index (κ2) is 6.32. The van der Waals surface area contributed by atoms with Gasteiger partial charge in [0.1, 0.15) is 5.82 Å². The Morgan fingerprint density at radius 3 is 2.45 bits per heavy atom. The largest absolute Gasteiger partial charge is 0.481 e. The molecule has 0 heterocycles. The highest BCUT2D eigenvalue weighted by Gasteiger charge is 2.25. The topological polar surface area (TPSA) is 83.5 Å². The van der Waals surface area contributed by atoms with Gasteiger partial charge in [0.15, 0.2) is 0 Å². The predicted octanol–water partition coefficient (Wildman–Crippen LogP) is 1.91. The number of halogens is 1. The molecule has 1 unspecified atom stereocenters. The van der Waals surface area contributed by atoms with E-state index in [1.165, 1.54) is 13.0 Å². The highest BCUT2D eigenvalue weighted by molar-refractivity contribution is 7.89. The average Bonchev–Trinajstić information content (AvgIpc) is 2.26. The molecule has 0 aromatic heterocycles. The number of carbonyl (C=O) groups is 1. The minimum atomic E-state index is -3.88. The Balaban J connectivity index is 3.06. The summed E-state index contributed by atoms with van der Waals surface area (Å²) in [5.41, 5.74) is 0.273. The third-order valence-electron chi connectivity index (χ3n) is 2.93. The van der Waals surface area contributed by atoms with Crippen molar-refractivity contribution in [3.05, 3.63) is 29.6 Å². The summed E-state index contributed by atoms with van der Waals surface area (Å²) in [6, 6.07) is 2.63. The van der Waals surface area contributed by atoms with Crippen molar-refractivity contribution in [3.63, 3.8) is 0 Å². The normalized spacial score (nSPS) is 13.4. The van der Waals surface area contributed by atoms with Crippen LogP contribution in [-0.2, 0) is 14.8 Å².